The van der Waals surface area contributed by atoms with Gasteiger partial charge in [0.05, 0.1) is 25.0 Å². The summed E-state index contributed by atoms with van der Waals surface area (Å²) in [5.74, 6) is 1.75. The van der Waals surface area contributed by atoms with E-state index in [0.717, 1.165) is 29.0 Å². The molecule has 1 saturated carbocycles. The Labute approximate surface area is 208 Å². The van der Waals surface area contributed by atoms with Crippen LogP contribution in [0.1, 0.15) is 57.9 Å². The molecule has 0 amide bonds. The van der Waals surface area contributed by atoms with Gasteiger partial charge in [-0.15, -0.1) is 5.10 Å². The molecular weight excluding hydrogens is 442 g/mol. The number of rotatable bonds is 8. The number of aliphatic hydroxyl groups excluding tert-OH is 1. The molecule has 9 nitrogen and oxygen atoms in total. The van der Waals surface area contributed by atoms with Crippen LogP contribution in [0.25, 0.3) is 5.52 Å². The van der Waals surface area contributed by atoms with Crippen molar-refractivity contribution in [2.24, 2.45) is 4.99 Å². The predicted octanol–water partition coefficient (Wildman–Crippen LogP) is 4.13. The fraction of sp³-hybridized carbons (Fsp3) is 0.500. The summed E-state index contributed by atoms with van der Waals surface area (Å²) < 4.78 is 7.10. The molecular formula is C26H39N7O2. The zero-order chi connectivity index (χ0) is 25.2. The number of aliphatic imine (C=N–C) groups is 1. The van der Waals surface area contributed by atoms with E-state index in [0.29, 0.717) is 24.6 Å². The number of nitrogen functional groups attached to an aromatic ring is 1. The molecule has 0 bridgehead atoms. The first kappa shape index (κ1) is 26.4. The maximum atomic E-state index is 8.47. The van der Waals surface area contributed by atoms with Crippen molar-refractivity contribution >= 4 is 23.0 Å². The monoisotopic (exact) mass is 481 g/mol. The molecule has 1 fully saturated rings. The highest BCUT2D eigenvalue weighted by Gasteiger charge is 2.20. The van der Waals surface area contributed by atoms with Gasteiger partial charge in [0, 0.05) is 31.0 Å². The number of ether oxygens (including phenoxy) is 1. The number of nitrogens with zero attached hydrogens (tertiary/aromatic N) is 5. The first-order chi connectivity index (χ1) is 17.0. The van der Waals surface area contributed by atoms with Gasteiger partial charge in [0.25, 0.3) is 0 Å². The lowest BCUT2D eigenvalue weighted by Crippen LogP contribution is -2.29. The van der Waals surface area contributed by atoms with Crippen LogP contribution in [0.2, 0.25) is 0 Å². The SMILES string of the molecule is C=C/C=C1/N=C(c2ccn3nc(N)nc(NC)c23)C=CN1C(C)CC.OCCOC1CCCCC1. The molecule has 1 aliphatic carbocycles. The second-order valence-corrected chi connectivity index (χ2v) is 8.68. The standard InChI is InChI=1S/C18H23N7.C8H16O2/c1-5-7-15-21-14(9-10-24(15)12(3)6-2)13-8-11-25-16(13)17(20-4)22-18(19)23-25;9-6-7-10-8-4-2-1-3-5-8/h5,7-12H,1,6H2,2-4H3,(H3,19,20,22,23);8-9H,1-7H2/b15-7-;. The van der Waals surface area contributed by atoms with Crippen LogP contribution in [-0.2, 0) is 4.74 Å². The van der Waals surface area contributed by atoms with Gasteiger partial charge >= 0.3 is 0 Å². The van der Waals surface area contributed by atoms with Gasteiger partial charge in [0.1, 0.15) is 11.3 Å². The largest absolute Gasteiger partial charge is 0.394 e. The third kappa shape index (κ3) is 6.70. The number of fused-ring (bicyclic) bond motifs is 1. The van der Waals surface area contributed by atoms with Crippen molar-refractivity contribution in [3.05, 3.63) is 54.7 Å². The van der Waals surface area contributed by atoms with Crippen LogP contribution in [0.4, 0.5) is 11.8 Å². The average Bonchev–Trinajstić information content (AvgIpc) is 3.31. The molecule has 4 N–H and O–H groups in total. The summed E-state index contributed by atoms with van der Waals surface area (Å²) in [7, 11) is 1.81. The maximum absolute atomic E-state index is 8.47. The quantitative estimate of drug-likeness (QED) is 0.520. The summed E-state index contributed by atoms with van der Waals surface area (Å²) in [6.07, 6.45) is 17.4. The van der Waals surface area contributed by atoms with Gasteiger partial charge in [-0.3, -0.25) is 0 Å². The lowest BCUT2D eigenvalue weighted by molar-refractivity contribution is 0.00882. The number of aromatic nitrogens is 3. The predicted molar refractivity (Wildman–Crippen MR) is 142 cm³/mol. The number of anilines is 2. The molecule has 0 saturated heterocycles. The molecule has 9 heteroatoms. The van der Waals surface area contributed by atoms with Gasteiger partial charge in [-0.1, -0.05) is 38.8 Å². The van der Waals surface area contributed by atoms with Gasteiger partial charge in [0.2, 0.25) is 5.95 Å². The van der Waals surface area contributed by atoms with Crippen LogP contribution in [0, 0.1) is 0 Å². The zero-order valence-corrected chi connectivity index (χ0v) is 21.2. The Morgan fingerprint density at radius 3 is 2.77 bits per heavy atom. The molecule has 1 atom stereocenters. The van der Waals surface area contributed by atoms with Gasteiger partial charge in [-0.25, -0.2) is 9.51 Å². The molecule has 0 aromatic carbocycles. The minimum Gasteiger partial charge on any atom is -0.394 e. The van der Waals surface area contributed by atoms with Crippen LogP contribution in [0.3, 0.4) is 0 Å². The molecule has 1 aliphatic heterocycles. The topological polar surface area (TPSA) is 113 Å². The van der Waals surface area contributed by atoms with E-state index in [4.69, 9.17) is 20.6 Å². The molecule has 0 spiro atoms. The van der Waals surface area contributed by atoms with Crippen LogP contribution in [0.5, 0.6) is 0 Å². The van der Waals surface area contributed by atoms with E-state index >= 15 is 0 Å². The molecule has 3 heterocycles. The van der Waals surface area contributed by atoms with Crippen LogP contribution >= 0.6 is 0 Å². The van der Waals surface area contributed by atoms with E-state index in [-0.39, 0.29) is 12.6 Å². The summed E-state index contributed by atoms with van der Waals surface area (Å²) in [6, 6.07) is 2.33. The highest BCUT2D eigenvalue weighted by atomic mass is 16.5. The van der Waals surface area contributed by atoms with Crippen molar-refractivity contribution < 1.29 is 9.84 Å². The lowest BCUT2D eigenvalue weighted by Gasteiger charge is -2.29. The molecule has 2 aromatic rings. The van der Waals surface area contributed by atoms with Crippen molar-refractivity contribution in [1.29, 1.82) is 0 Å². The van der Waals surface area contributed by atoms with Gasteiger partial charge in [-0.05, 0) is 44.4 Å². The first-order valence-corrected chi connectivity index (χ1v) is 12.5. The summed E-state index contributed by atoms with van der Waals surface area (Å²) >= 11 is 0. The normalized spacial score (nSPS) is 18.2. The minimum atomic E-state index is 0.163. The molecule has 2 aromatic heterocycles. The molecule has 1 unspecified atom stereocenters. The smallest absolute Gasteiger partial charge is 0.240 e. The Morgan fingerprint density at radius 2 is 2.11 bits per heavy atom. The Balaban J connectivity index is 0.000000287. The van der Waals surface area contributed by atoms with Crippen molar-refractivity contribution in [3.63, 3.8) is 0 Å². The molecule has 0 radical (unpaired) electrons. The number of hydrogen-bond acceptors (Lipinski definition) is 8. The summed E-state index contributed by atoms with van der Waals surface area (Å²) in [6.45, 7) is 8.82. The molecule has 35 heavy (non-hydrogen) atoms. The summed E-state index contributed by atoms with van der Waals surface area (Å²) in [5, 5.41) is 15.8. The molecule has 2 aliphatic rings. The van der Waals surface area contributed by atoms with Crippen LogP contribution in [-0.4, -0.2) is 62.7 Å². The van der Waals surface area contributed by atoms with Crippen LogP contribution < -0.4 is 11.1 Å². The van der Waals surface area contributed by atoms with E-state index in [1.807, 2.05) is 31.5 Å². The number of nitrogens with two attached hydrogens (primary N) is 1. The zero-order valence-electron chi connectivity index (χ0n) is 21.2. The van der Waals surface area contributed by atoms with E-state index < -0.39 is 0 Å². The van der Waals surface area contributed by atoms with Crippen molar-refractivity contribution in [2.75, 3.05) is 31.3 Å². The molecule has 4 rings (SSSR count). The van der Waals surface area contributed by atoms with Crippen molar-refractivity contribution in [1.82, 2.24) is 19.5 Å². The summed E-state index contributed by atoms with van der Waals surface area (Å²) in [4.78, 5) is 11.3. The fourth-order valence-corrected chi connectivity index (χ4v) is 4.27. The Bertz CT molecular complexity index is 1070. The van der Waals surface area contributed by atoms with Gasteiger partial charge in [-0.2, -0.15) is 4.98 Å². The van der Waals surface area contributed by atoms with Crippen LogP contribution in [0.15, 0.2) is 54.1 Å². The average molecular weight is 482 g/mol. The van der Waals surface area contributed by atoms with E-state index in [1.54, 1.807) is 10.6 Å². The first-order valence-electron chi connectivity index (χ1n) is 12.5. The lowest BCUT2D eigenvalue weighted by atomic mass is 9.98. The minimum absolute atomic E-state index is 0.163. The Kier molecular flexibility index (Phi) is 9.86. The summed E-state index contributed by atoms with van der Waals surface area (Å²) in [5.41, 5.74) is 8.40. The number of hydrogen-bond donors (Lipinski definition) is 3. The van der Waals surface area contributed by atoms with Gasteiger partial charge in [0.15, 0.2) is 5.82 Å². The fourth-order valence-electron chi connectivity index (χ4n) is 4.27. The second-order valence-electron chi connectivity index (χ2n) is 8.68. The Hall–Kier alpha value is -3.17. The van der Waals surface area contributed by atoms with Crippen molar-refractivity contribution in [3.8, 4) is 0 Å². The maximum Gasteiger partial charge on any atom is 0.240 e. The second kappa shape index (κ2) is 13.1. The highest BCUT2D eigenvalue weighted by molar-refractivity contribution is 6.15. The highest BCUT2D eigenvalue weighted by Crippen LogP contribution is 2.26. The van der Waals surface area contributed by atoms with Gasteiger partial charge < -0.3 is 25.8 Å². The number of allylic oxidation sites excluding steroid dienone is 3. The third-order valence-electron chi connectivity index (χ3n) is 6.26. The third-order valence-corrected chi connectivity index (χ3v) is 6.26. The Morgan fingerprint density at radius 1 is 1.34 bits per heavy atom. The number of nitrogens with one attached hydrogen (secondary N) is 1. The van der Waals surface area contributed by atoms with E-state index in [1.165, 1.54) is 32.1 Å². The van der Waals surface area contributed by atoms with Crippen molar-refractivity contribution in [2.45, 2.75) is 64.5 Å². The van der Waals surface area contributed by atoms with E-state index in [9.17, 15) is 0 Å². The molecule has 190 valence electrons. The van der Waals surface area contributed by atoms with E-state index in [2.05, 4.69) is 46.9 Å². The number of aliphatic hydroxyl groups is 1.